The Hall–Kier alpha value is -3.54. The van der Waals surface area contributed by atoms with Gasteiger partial charge in [-0.05, 0) is 60.5 Å². The summed E-state index contributed by atoms with van der Waals surface area (Å²) in [5.41, 5.74) is 7.98. The first-order valence-electron chi connectivity index (χ1n) is 10.2. The van der Waals surface area contributed by atoms with Gasteiger partial charge in [-0.1, -0.05) is 18.2 Å². The maximum absolute atomic E-state index is 12.6. The van der Waals surface area contributed by atoms with E-state index in [-0.39, 0.29) is 11.9 Å². The highest BCUT2D eigenvalue weighted by Gasteiger charge is 2.32. The molecule has 0 radical (unpaired) electrons. The number of ether oxygens (including phenoxy) is 1. The van der Waals surface area contributed by atoms with Crippen molar-refractivity contribution in [2.75, 3.05) is 16.9 Å². The molecule has 1 aromatic heterocycles. The first-order chi connectivity index (χ1) is 15.6. The van der Waals surface area contributed by atoms with Crippen LogP contribution in [0.5, 0.6) is 11.5 Å². The molecule has 0 unspecified atom stereocenters. The zero-order valence-corrected chi connectivity index (χ0v) is 18.2. The predicted octanol–water partition coefficient (Wildman–Crippen LogP) is 3.91. The zero-order chi connectivity index (χ0) is 22.3. The summed E-state index contributed by atoms with van der Waals surface area (Å²) in [5, 5.41) is 12.4. The van der Waals surface area contributed by atoms with Crippen LogP contribution in [0.2, 0.25) is 0 Å². The summed E-state index contributed by atoms with van der Waals surface area (Å²) in [6, 6.07) is 21.9. The fourth-order valence-corrected chi connectivity index (χ4v) is 4.43. The smallest absolute Gasteiger partial charge is 0.241 e. The number of benzene rings is 2. The minimum atomic E-state index is -0.671. The molecule has 1 aliphatic heterocycles. The summed E-state index contributed by atoms with van der Waals surface area (Å²) >= 11 is 1.57. The van der Waals surface area contributed by atoms with Gasteiger partial charge in [0.1, 0.15) is 23.4 Å². The summed E-state index contributed by atoms with van der Waals surface area (Å²) in [7, 11) is 0. The molecule has 3 N–H and O–H groups in total. The number of nitrogens with one attached hydrogen (secondary N) is 1. The second-order valence-electron chi connectivity index (χ2n) is 7.37. The molecule has 4 rings (SSSR count). The summed E-state index contributed by atoms with van der Waals surface area (Å²) in [6.45, 7) is 0. The Bertz CT molecular complexity index is 1080. The van der Waals surface area contributed by atoms with E-state index >= 15 is 0 Å². The van der Waals surface area contributed by atoms with Gasteiger partial charge in [0, 0.05) is 17.6 Å². The van der Waals surface area contributed by atoms with Crippen molar-refractivity contribution in [3.63, 3.8) is 0 Å². The van der Waals surface area contributed by atoms with E-state index < -0.39 is 6.04 Å². The first kappa shape index (κ1) is 21.7. The highest BCUT2D eigenvalue weighted by molar-refractivity contribution is 7.99. The average molecular weight is 446 g/mol. The topological polar surface area (TPSA) is 104 Å². The van der Waals surface area contributed by atoms with Crippen molar-refractivity contribution in [1.29, 1.82) is 5.26 Å². The second-order valence-corrected chi connectivity index (χ2v) is 8.37. The standard InChI is InChI=1S/C24H23N5O2S/c25-14-19-15-32-16-29(19)24(30)22(26)13-17-4-8-20(9-5-17)31-21-10-6-18(7-11-21)28-23-3-1-2-12-27-23/h1-12,19,22H,13,15-16,26H2,(H,27,28)/t19-,22+/m1/s1. The predicted molar refractivity (Wildman–Crippen MR) is 126 cm³/mol. The molecule has 2 aromatic carbocycles. The van der Waals surface area contributed by atoms with Gasteiger partial charge >= 0.3 is 0 Å². The third kappa shape index (κ3) is 5.38. The number of nitrogens with two attached hydrogens (primary N) is 1. The molecule has 0 saturated carbocycles. The lowest BCUT2D eigenvalue weighted by molar-refractivity contribution is -0.132. The first-order valence-corrected chi connectivity index (χ1v) is 11.4. The van der Waals surface area contributed by atoms with E-state index in [9.17, 15) is 10.1 Å². The van der Waals surface area contributed by atoms with Crippen molar-refractivity contribution in [1.82, 2.24) is 9.88 Å². The molecular formula is C24H23N5O2S. The highest BCUT2D eigenvalue weighted by atomic mass is 32.2. The largest absolute Gasteiger partial charge is 0.457 e. The van der Waals surface area contributed by atoms with Crippen LogP contribution >= 0.6 is 11.8 Å². The molecule has 1 fully saturated rings. The Morgan fingerprint density at radius 2 is 1.91 bits per heavy atom. The Labute approximate surface area is 191 Å². The number of anilines is 2. The molecule has 0 aliphatic carbocycles. The van der Waals surface area contributed by atoms with Crippen molar-refractivity contribution in [3.05, 3.63) is 78.5 Å². The third-order valence-corrected chi connectivity index (χ3v) is 6.05. The molecule has 2 atom stereocenters. The van der Waals surface area contributed by atoms with Crippen LogP contribution in [0.15, 0.2) is 72.9 Å². The monoisotopic (exact) mass is 445 g/mol. The lowest BCUT2D eigenvalue weighted by Crippen LogP contribution is -2.47. The Morgan fingerprint density at radius 1 is 1.19 bits per heavy atom. The number of hydrogen-bond acceptors (Lipinski definition) is 7. The number of amides is 1. The minimum Gasteiger partial charge on any atom is -0.457 e. The van der Waals surface area contributed by atoms with Crippen LogP contribution in [0.3, 0.4) is 0 Å². The Morgan fingerprint density at radius 3 is 2.56 bits per heavy atom. The van der Waals surface area contributed by atoms with Crippen LogP contribution in [0.4, 0.5) is 11.5 Å². The number of carbonyl (C=O) groups is 1. The molecule has 2 heterocycles. The molecule has 1 amide bonds. The fraction of sp³-hybridized carbons (Fsp3) is 0.208. The summed E-state index contributed by atoms with van der Waals surface area (Å²) in [4.78, 5) is 18.4. The summed E-state index contributed by atoms with van der Waals surface area (Å²) in [6.07, 6.45) is 2.15. The van der Waals surface area contributed by atoms with Crippen molar-refractivity contribution < 1.29 is 9.53 Å². The molecule has 0 bridgehead atoms. The summed E-state index contributed by atoms with van der Waals surface area (Å²) in [5.74, 6) is 3.17. The number of aromatic nitrogens is 1. The van der Waals surface area contributed by atoms with Crippen LogP contribution < -0.4 is 15.8 Å². The molecule has 1 aliphatic rings. The van der Waals surface area contributed by atoms with E-state index in [0.29, 0.717) is 29.5 Å². The van der Waals surface area contributed by atoms with Gasteiger partial charge in [0.25, 0.3) is 0 Å². The number of nitriles is 1. The maximum atomic E-state index is 12.6. The van der Waals surface area contributed by atoms with Gasteiger partial charge in [0.05, 0.1) is 18.0 Å². The van der Waals surface area contributed by atoms with Gasteiger partial charge in [-0.3, -0.25) is 4.79 Å². The third-order valence-electron chi connectivity index (χ3n) is 5.04. The lowest BCUT2D eigenvalue weighted by Gasteiger charge is -2.22. The molecule has 162 valence electrons. The molecule has 8 heteroatoms. The SMILES string of the molecule is N#C[C@@H]1CSCN1C(=O)[C@@H](N)Cc1ccc(Oc2ccc(Nc3ccccn3)cc2)cc1. The van der Waals surface area contributed by atoms with Gasteiger partial charge < -0.3 is 20.7 Å². The van der Waals surface area contributed by atoms with E-state index in [2.05, 4.69) is 16.4 Å². The van der Waals surface area contributed by atoms with Crippen LogP contribution in [-0.2, 0) is 11.2 Å². The number of thioether (sulfide) groups is 1. The zero-order valence-electron chi connectivity index (χ0n) is 17.3. The van der Waals surface area contributed by atoms with Crippen molar-refractivity contribution in [2.24, 2.45) is 5.73 Å². The van der Waals surface area contributed by atoms with Gasteiger partial charge in [-0.2, -0.15) is 5.26 Å². The van der Waals surface area contributed by atoms with Gasteiger partial charge in [-0.15, -0.1) is 11.8 Å². The van der Waals surface area contributed by atoms with Gasteiger partial charge in [0.2, 0.25) is 5.91 Å². The molecule has 3 aromatic rings. The van der Waals surface area contributed by atoms with E-state index in [1.54, 1.807) is 22.9 Å². The van der Waals surface area contributed by atoms with Gasteiger partial charge in [-0.25, -0.2) is 4.98 Å². The van der Waals surface area contributed by atoms with Crippen molar-refractivity contribution in [3.8, 4) is 17.6 Å². The Kier molecular flexibility index (Phi) is 6.90. The minimum absolute atomic E-state index is 0.179. The normalized spacial score (nSPS) is 16.2. The molecule has 1 saturated heterocycles. The van der Waals surface area contributed by atoms with Gasteiger partial charge in [0.15, 0.2) is 0 Å². The van der Waals surface area contributed by atoms with Crippen LogP contribution in [0.1, 0.15) is 5.56 Å². The number of rotatable bonds is 7. The highest BCUT2D eigenvalue weighted by Crippen LogP contribution is 2.25. The molecule has 7 nitrogen and oxygen atoms in total. The molecule has 32 heavy (non-hydrogen) atoms. The summed E-state index contributed by atoms with van der Waals surface area (Å²) < 4.78 is 5.91. The number of carbonyl (C=O) groups excluding carboxylic acids is 1. The van der Waals surface area contributed by atoms with Crippen LogP contribution in [0.25, 0.3) is 0 Å². The maximum Gasteiger partial charge on any atom is 0.241 e. The van der Waals surface area contributed by atoms with E-state index in [4.69, 9.17) is 10.5 Å². The Balaban J connectivity index is 1.32. The van der Waals surface area contributed by atoms with Crippen molar-refractivity contribution in [2.45, 2.75) is 18.5 Å². The number of hydrogen-bond donors (Lipinski definition) is 2. The number of nitrogens with zero attached hydrogens (tertiary/aromatic N) is 3. The molecule has 0 spiro atoms. The fourth-order valence-electron chi connectivity index (χ4n) is 3.34. The quantitative estimate of drug-likeness (QED) is 0.568. The van der Waals surface area contributed by atoms with E-state index in [1.807, 2.05) is 66.7 Å². The van der Waals surface area contributed by atoms with Crippen LogP contribution in [-0.4, -0.2) is 39.5 Å². The average Bonchev–Trinajstić information content (AvgIpc) is 3.31. The second kappa shape index (κ2) is 10.2. The van der Waals surface area contributed by atoms with E-state index in [1.165, 1.54) is 0 Å². The van der Waals surface area contributed by atoms with Crippen molar-refractivity contribution >= 4 is 29.2 Å². The van der Waals surface area contributed by atoms with E-state index in [0.717, 1.165) is 17.1 Å². The molecular weight excluding hydrogens is 422 g/mol. The van der Waals surface area contributed by atoms with Crippen LogP contribution in [0, 0.1) is 11.3 Å². The number of pyridine rings is 1. The lowest BCUT2D eigenvalue weighted by atomic mass is 10.0.